The van der Waals surface area contributed by atoms with E-state index in [0.717, 1.165) is 6.42 Å². The fourth-order valence-corrected chi connectivity index (χ4v) is 1.63. The number of benzene rings is 1. The molecule has 0 aliphatic rings. The average molecular weight is 291 g/mol. The average Bonchev–Trinajstić information content (AvgIpc) is 2.45. The van der Waals surface area contributed by atoms with Crippen LogP contribution < -0.4 is 16.0 Å². The third-order valence-corrected chi connectivity index (χ3v) is 2.67. The summed E-state index contributed by atoms with van der Waals surface area (Å²) >= 11 is 0. The van der Waals surface area contributed by atoms with Gasteiger partial charge in [0.05, 0.1) is 6.54 Å². The highest BCUT2D eigenvalue weighted by atomic mass is 16.2. The molecule has 1 rings (SSSR count). The third kappa shape index (κ3) is 6.56. The summed E-state index contributed by atoms with van der Waals surface area (Å²) in [6, 6.07) is 6.88. The Morgan fingerprint density at radius 2 is 1.57 bits per heavy atom. The summed E-state index contributed by atoms with van der Waals surface area (Å²) in [5, 5.41) is 7.91. The molecule has 6 nitrogen and oxygen atoms in total. The van der Waals surface area contributed by atoms with Crippen LogP contribution in [0, 0.1) is 0 Å². The topological polar surface area (TPSA) is 87.3 Å². The predicted octanol–water partition coefficient (Wildman–Crippen LogP) is 1.89. The van der Waals surface area contributed by atoms with Crippen LogP contribution in [0.3, 0.4) is 0 Å². The lowest BCUT2D eigenvalue weighted by Gasteiger charge is -2.09. The summed E-state index contributed by atoms with van der Waals surface area (Å²) in [6.07, 6.45) is 1.57. The number of hydrogen-bond acceptors (Lipinski definition) is 3. The summed E-state index contributed by atoms with van der Waals surface area (Å²) in [5.74, 6) is -0.546. The predicted molar refractivity (Wildman–Crippen MR) is 81.9 cm³/mol. The van der Waals surface area contributed by atoms with Crippen LogP contribution in [0.2, 0.25) is 0 Å². The van der Waals surface area contributed by atoms with Gasteiger partial charge in [0.1, 0.15) is 0 Å². The Morgan fingerprint density at radius 1 is 0.952 bits per heavy atom. The molecule has 0 aliphatic carbocycles. The second kappa shape index (κ2) is 8.73. The molecule has 21 heavy (non-hydrogen) atoms. The summed E-state index contributed by atoms with van der Waals surface area (Å²) in [6.45, 7) is 3.58. The molecule has 0 unspecified atom stereocenters. The van der Waals surface area contributed by atoms with Crippen LogP contribution in [0.1, 0.15) is 33.1 Å². The molecular weight excluding hydrogens is 270 g/mol. The lowest BCUT2D eigenvalue weighted by molar-refractivity contribution is -0.123. The quantitative estimate of drug-likeness (QED) is 0.717. The van der Waals surface area contributed by atoms with E-state index in [2.05, 4.69) is 16.0 Å². The van der Waals surface area contributed by atoms with E-state index < -0.39 is 0 Å². The summed E-state index contributed by atoms with van der Waals surface area (Å²) in [4.78, 5) is 34.2. The number of anilines is 2. The summed E-state index contributed by atoms with van der Waals surface area (Å²) < 4.78 is 0. The monoisotopic (exact) mass is 291 g/mol. The zero-order valence-electron chi connectivity index (χ0n) is 12.4. The van der Waals surface area contributed by atoms with Gasteiger partial charge in [0.25, 0.3) is 0 Å². The van der Waals surface area contributed by atoms with Crippen molar-refractivity contribution in [3.63, 3.8) is 0 Å². The Morgan fingerprint density at radius 3 is 2.14 bits per heavy atom. The van der Waals surface area contributed by atoms with Gasteiger partial charge < -0.3 is 16.0 Å². The Balaban J connectivity index is 2.54. The maximum Gasteiger partial charge on any atom is 0.243 e. The van der Waals surface area contributed by atoms with Crippen molar-refractivity contribution in [1.82, 2.24) is 5.32 Å². The molecule has 0 fully saturated rings. The van der Waals surface area contributed by atoms with Crippen LogP contribution in [0.15, 0.2) is 24.3 Å². The van der Waals surface area contributed by atoms with Crippen molar-refractivity contribution < 1.29 is 14.4 Å². The molecule has 1 aromatic rings. The van der Waals surface area contributed by atoms with Crippen molar-refractivity contribution in [2.75, 3.05) is 17.2 Å². The third-order valence-electron chi connectivity index (χ3n) is 2.67. The fraction of sp³-hybridized carbons (Fsp3) is 0.400. The first kappa shape index (κ1) is 16.7. The normalized spacial score (nSPS) is 9.81. The second-order valence-corrected chi connectivity index (χ2v) is 4.56. The van der Waals surface area contributed by atoms with Crippen molar-refractivity contribution in [2.45, 2.75) is 33.1 Å². The molecule has 0 saturated carbocycles. The van der Waals surface area contributed by atoms with Crippen molar-refractivity contribution in [1.29, 1.82) is 0 Å². The zero-order valence-corrected chi connectivity index (χ0v) is 12.4. The number of hydrogen-bond donors (Lipinski definition) is 3. The molecule has 0 radical (unpaired) electrons. The van der Waals surface area contributed by atoms with Gasteiger partial charge in [-0.05, 0) is 24.6 Å². The van der Waals surface area contributed by atoms with Gasteiger partial charge in [-0.15, -0.1) is 0 Å². The number of amides is 3. The molecule has 3 amide bonds. The fourth-order valence-electron chi connectivity index (χ4n) is 1.63. The first-order valence-electron chi connectivity index (χ1n) is 7.01. The van der Waals surface area contributed by atoms with Gasteiger partial charge in [-0.25, -0.2) is 0 Å². The molecule has 3 N–H and O–H groups in total. The molecule has 0 heterocycles. The lowest BCUT2D eigenvalue weighted by atomic mass is 10.2. The second-order valence-electron chi connectivity index (χ2n) is 4.56. The Hall–Kier alpha value is -2.37. The van der Waals surface area contributed by atoms with E-state index >= 15 is 0 Å². The van der Waals surface area contributed by atoms with Crippen LogP contribution in [0.4, 0.5) is 11.4 Å². The van der Waals surface area contributed by atoms with Crippen LogP contribution in [-0.2, 0) is 14.4 Å². The molecule has 1 aromatic carbocycles. The number of carbonyl (C=O) groups excluding carboxylic acids is 3. The molecule has 0 aliphatic heterocycles. The molecule has 6 heteroatoms. The molecule has 0 saturated heterocycles. The SMILES string of the molecule is CCCC(=O)Nc1cccc(NC(=O)CNC(=O)CC)c1. The minimum absolute atomic E-state index is 0.0591. The molecule has 0 atom stereocenters. The Kier molecular flexibility index (Phi) is 6.94. The van der Waals surface area contributed by atoms with Crippen LogP contribution in [0.5, 0.6) is 0 Å². The van der Waals surface area contributed by atoms with E-state index in [0.29, 0.717) is 24.2 Å². The summed E-state index contributed by atoms with van der Waals surface area (Å²) in [5.41, 5.74) is 1.20. The van der Waals surface area contributed by atoms with E-state index in [1.54, 1.807) is 31.2 Å². The van der Waals surface area contributed by atoms with E-state index in [1.165, 1.54) is 0 Å². The van der Waals surface area contributed by atoms with Gasteiger partial charge in [-0.1, -0.05) is 19.9 Å². The Bertz CT molecular complexity index is 515. The van der Waals surface area contributed by atoms with Gasteiger partial charge >= 0.3 is 0 Å². The van der Waals surface area contributed by atoms with E-state index in [1.807, 2.05) is 6.92 Å². The van der Waals surface area contributed by atoms with Crippen molar-refractivity contribution in [3.05, 3.63) is 24.3 Å². The first-order chi connectivity index (χ1) is 10.0. The highest BCUT2D eigenvalue weighted by Gasteiger charge is 2.06. The highest BCUT2D eigenvalue weighted by molar-refractivity contribution is 5.96. The van der Waals surface area contributed by atoms with Gasteiger partial charge in [0.2, 0.25) is 17.7 Å². The lowest BCUT2D eigenvalue weighted by Crippen LogP contribution is -2.32. The zero-order chi connectivity index (χ0) is 15.7. The summed E-state index contributed by atoms with van der Waals surface area (Å²) in [7, 11) is 0. The molecule has 0 aromatic heterocycles. The van der Waals surface area contributed by atoms with Gasteiger partial charge in [-0.2, -0.15) is 0 Å². The number of nitrogens with one attached hydrogen (secondary N) is 3. The molecule has 114 valence electrons. The van der Waals surface area contributed by atoms with Gasteiger partial charge in [-0.3, -0.25) is 14.4 Å². The highest BCUT2D eigenvalue weighted by Crippen LogP contribution is 2.15. The van der Waals surface area contributed by atoms with E-state index in [9.17, 15) is 14.4 Å². The van der Waals surface area contributed by atoms with Gasteiger partial charge in [0, 0.05) is 24.2 Å². The number of rotatable bonds is 7. The Labute approximate surface area is 124 Å². The van der Waals surface area contributed by atoms with E-state index in [4.69, 9.17) is 0 Å². The molecule has 0 bridgehead atoms. The standard InChI is InChI=1S/C15H21N3O3/c1-3-6-14(20)17-11-7-5-8-12(9-11)18-15(21)10-16-13(19)4-2/h5,7-9H,3-4,6,10H2,1-2H3,(H,16,19)(H,17,20)(H,18,21). The molecular formula is C15H21N3O3. The number of carbonyl (C=O) groups is 3. The van der Waals surface area contributed by atoms with Crippen molar-refractivity contribution in [2.24, 2.45) is 0 Å². The largest absolute Gasteiger partial charge is 0.347 e. The van der Waals surface area contributed by atoms with Crippen LogP contribution >= 0.6 is 0 Å². The van der Waals surface area contributed by atoms with Crippen molar-refractivity contribution >= 4 is 29.1 Å². The maximum absolute atomic E-state index is 11.7. The van der Waals surface area contributed by atoms with E-state index in [-0.39, 0.29) is 24.3 Å². The minimum Gasteiger partial charge on any atom is -0.347 e. The first-order valence-corrected chi connectivity index (χ1v) is 7.01. The van der Waals surface area contributed by atoms with Gasteiger partial charge in [0.15, 0.2) is 0 Å². The minimum atomic E-state index is -0.311. The van der Waals surface area contributed by atoms with Crippen molar-refractivity contribution in [3.8, 4) is 0 Å². The maximum atomic E-state index is 11.7. The smallest absolute Gasteiger partial charge is 0.243 e. The van der Waals surface area contributed by atoms with Crippen LogP contribution in [0.25, 0.3) is 0 Å². The molecule has 0 spiro atoms. The van der Waals surface area contributed by atoms with Crippen LogP contribution in [-0.4, -0.2) is 24.3 Å².